The highest BCUT2D eigenvalue weighted by Crippen LogP contribution is 2.43. The Morgan fingerprint density at radius 3 is 1.56 bits per heavy atom. The molecule has 0 radical (unpaired) electrons. The molecule has 2 aromatic carbocycles. The molecule has 2 fully saturated rings. The molecule has 3 heterocycles. The van der Waals surface area contributed by atoms with Crippen LogP contribution >= 0.6 is 0 Å². The van der Waals surface area contributed by atoms with E-state index in [0.29, 0.717) is 0 Å². The van der Waals surface area contributed by atoms with E-state index in [1.807, 2.05) is 0 Å². The van der Waals surface area contributed by atoms with Crippen LogP contribution in [0.2, 0.25) is 0 Å². The zero-order chi connectivity index (χ0) is 29.1. The van der Waals surface area contributed by atoms with Crippen LogP contribution in [-0.4, -0.2) is 41.6 Å². The lowest BCUT2D eigenvalue weighted by molar-refractivity contribution is 0.00578. The summed E-state index contributed by atoms with van der Waals surface area (Å²) in [7, 11) is -0.960. The summed E-state index contributed by atoms with van der Waals surface area (Å²) in [6, 6.07) is 8.81. The first-order chi connectivity index (χ1) is 17.6. The third kappa shape index (κ3) is 4.39. The molecule has 210 valence electrons. The van der Waals surface area contributed by atoms with Crippen LogP contribution in [-0.2, 0) is 29.4 Å². The third-order valence-electron chi connectivity index (χ3n) is 9.56. The van der Waals surface area contributed by atoms with E-state index < -0.39 is 36.6 Å². The maximum atomic E-state index is 6.75. The molecule has 2 aliphatic heterocycles. The zero-order valence-corrected chi connectivity index (χ0v) is 26.6. The molecule has 0 unspecified atom stereocenters. The molecule has 5 nitrogen and oxygen atoms in total. The van der Waals surface area contributed by atoms with Gasteiger partial charge in [-0.1, -0.05) is 59.7 Å². The zero-order valence-electron chi connectivity index (χ0n) is 26.6. The summed E-state index contributed by atoms with van der Waals surface area (Å²) in [5.41, 5.74) is 4.85. The van der Waals surface area contributed by atoms with E-state index in [4.69, 9.17) is 18.6 Å². The molecule has 3 aromatic rings. The first-order valence-electron chi connectivity index (χ1n) is 14.4. The van der Waals surface area contributed by atoms with Gasteiger partial charge in [-0.2, -0.15) is 0 Å². The van der Waals surface area contributed by atoms with Crippen molar-refractivity contribution >= 4 is 47.0 Å². The highest BCUT2D eigenvalue weighted by atomic mass is 16.7. The van der Waals surface area contributed by atoms with Crippen molar-refractivity contribution in [3.8, 4) is 0 Å². The van der Waals surface area contributed by atoms with Crippen LogP contribution in [0.25, 0.3) is 21.8 Å². The monoisotopic (exact) mass is 531 g/mol. The second-order valence-electron chi connectivity index (χ2n) is 15.7. The number of rotatable bonds is 2. The van der Waals surface area contributed by atoms with Crippen molar-refractivity contribution < 1.29 is 18.6 Å². The standard InChI is InChI=1S/C32H47B2NO4/c1-27(2,3)21-18-20-19-16-15-17-22(33-36-29(7,8)30(9,10)37-33)25(19)35-26(20)24(23(21)28(4,5)6)34-38-31(11,12)32(13,14)39-34/h15-18,35H,1-14H3. The van der Waals surface area contributed by atoms with Crippen molar-refractivity contribution in [3.05, 3.63) is 35.4 Å². The van der Waals surface area contributed by atoms with Gasteiger partial charge in [0.15, 0.2) is 0 Å². The van der Waals surface area contributed by atoms with Crippen molar-refractivity contribution in [2.24, 2.45) is 0 Å². The largest absolute Gasteiger partial charge is 0.497 e. The predicted molar refractivity (Wildman–Crippen MR) is 165 cm³/mol. The minimum Gasteiger partial charge on any atom is -0.399 e. The first kappa shape index (κ1) is 28.7. The number of fused-ring (bicyclic) bond motifs is 3. The maximum Gasteiger partial charge on any atom is 0.497 e. The van der Waals surface area contributed by atoms with Crippen molar-refractivity contribution in [2.45, 2.75) is 130 Å². The van der Waals surface area contributed by atoms with E-state index in [-0.39, 0.29) is 10.8 Å². The number of H-pyrrole nitrogens is 1. The second-order valence-corrected chi connectivity index (χ2v) is 15.7. The van der Waals surface area contributed by atoms with Gasteiger partial charge in [-0.15, -0.1) is 0 Å². The van der Waals surface area contributed by atoms with E-state index in [2.05, 4.69) is 126 Å². The van der Waals surface area contributed by atoms with Crippen molar-refractivity contribution in [2.75, 3.05) is 0 Å². The number of nitrogens with one attached hydrogen (secondary N) is 1. The Bertz CT molecular complexity index is 1420. The number of aromatic amines is 1. The molecule has 0 amide bonds. The van der Waals surface area contributed by atoms with E-state index in [0.717, 1.165) is 27.3 Å². The van der Waals surface area contributed by atoms with Crippen molar-refractivity contribution in [1.82, 2.24) is 4.98 Å². The Kier molecular flexibility index (Phi) is 6.17. The van der Waals surface area contributed by atoms with Gasteiger partial charge >= 0.3 is 14.2 Å². The summed E-state index contributed by atoms with van der Waals surface area (Å²) in [5.74, 6) is 0. The minimum absolute atomic E-state index is 0.0812. The average Bonchev–Trinajstić information content (AvgIpc) is 3.30. The Labute approximate surface area is 236 Å². The van der Waals surface area contributed by atoms with E-state index >= 15 is 0 Å². The number of para-hydroxylation sites is 1. The Hall–Kier alpha value is -1.79. The summed E-state index contributed by atoms with van der Waals surface area (Å²) in [4.78, 5) is 3.85. The maximum absolute atomic E-state index is 6.75. The quantitative estimate of drug-likeness (QED) is 0.383. The number of hydrogen-bond acceptors (Lipinski definition) is 4. The molecule has 0 atom stereocenters. The minimum atomic E-state index is -0.498. The lowest BCUT2D eigenvalue weighted by Gasteiger charge is -2.33. The molecule has 0 bridgehead atoms. The number of benzene rings is 2. The third-order valence-corrected chi connectivity index (χ3v) is 9.56. The van der Waals surface area contributed by atoms with Crippen LogP contribution < -0.4 is 10.9 Å². The van der Waals surface area contributed by atoms with Crippen LogP contribution in [0.3, 0.4) is 0 Å². The smallest absolute Gasteiger partial charge is 0.399 e. The van der Waals surface area contributed by atoms with E-state index in [1.165, 1.54) is 16.5 Å². The molecule has 2 saturated heterocycles. The summed E-state index contributed by atoms with van der Waals surface area (Å²) in [6.07, 6.45) is 0. The Balaban J connectivity index is 1.85. The molecule has 2 aliphatic rings. The molecule has 39 heavy (non-hydrogen) atoms. The van der Waals surface area contributed by atoms with Gasteiger partial charge in [0.05, 0.1) is 22.4 Å². The van der Waals surface area contributed by atoms with Crippen LogP contribution in [0.5, 0.6) is 0 Å². The van der Waals surface area contributed by atoms with Gasteiger partial charge in [0.25, 0.3) is 0 Å². The normalized spacial score (nSPS) is 22.4. The molecule has 0 saturated carbocycles. The molecular formula is C32H47B2NO4. The fraction of sp³-hybridized carbons (Fsp3) is 0.625. The van der Waals surface area contributed by atoms with Gasteiger partial charge in [0.2, 0.25) is 0 Å². The lowest BCUT2D eigenvalue weighted by atomic mass is 9.64. The molecule has 0 aliphatic carbocycles. The Morgan fingerprint density at radius 2 is 1.10 bits per heavy atom. The Morgan fingerprint density at radius 1 is 0.615 bits per heavy atom. The van der Waals surface area contributed by atoms with Gasteiger partial charge < -0.3 is 23.6 Å². The fourth-order valence-corrected chi connectivity index (χ4v) is 5.87. The molecule has 0 spiro atoms. The molecule has 5 rings (SSSR count). The topological polar surface area (TPSA) is 52.7 Å². The van der Waals surface area contributed by atoms with Gasteiger partial charge in [0, 0.05) is 32.7 Å². The molecule has 1 aromatic heterocycles. The summed E-state index contributed by atoms with van der Waals surface area (Å²) >= 11 is 0. The summed E-state index contributed by atoms with van der Waals surface area (Å²) in [6.45, 7) is 30.6. The van der Waals surface area contributed by atoms with Crippen LogP contribution in [0.15, 0.2) is 24.3 Å². The number of aromatic nitrogens is 1. The lowest BCUT2D eigenvalue weighted by Crippen LogP contribution is -2.42. The van der Waals surface area contributed by atoms with Gasteiger partial charge in [0.1, 0.15) is 0 Å². The first-order valence-corrected chi connectivity index (χ1v) is 14.4. The predicted octanol–water partition coefficient (Wildman–Crippen LogP) is 6.51. The highest BCUT2D eigenvalue weighted by molar-refractivity contribution is 6.67. The fourth-order valence-electron chi connectivity index (χ4n) is 5.87. The number of hydrogen-bond donors (Lipinski definition) is 1. The van der Waals surface area contributed by atoms with E-state index in [1.54, 1.807) is 0 Å². The van der Waals surface area contributed by atoms with Crippen molar-refractivity contribution in [1.29, 1.82) is 0 Å². The molecular weight excluding hydrogens is 484 g/mol. The second kappa shape index (κ2) is 8.38. The van der Waals surface area contributed by atoms with Gasteiger partial charge in [-0.05, 0) is 83.4 Å². The van der Waals surface area contributed by atoms with Crippen LogP contribution in [0.4, 0.5) is 0 Å². The SMILES string of the molecule is CC(C)(C)c1cc2c([nH]c3c(B4OC(C)(C)C(C)(C)O4)cccc32)c(B2OC(C)(C)C(C)(C)O2)c1C(C)(C)C. The van der Waals surface area contributed by atoms with E-state index in [9.17, 15) is 0 Å². The highest BCUT2D eigenvalue weighted by Gasteiger charge is 2.54. The molecule has 7 heteroatoms. The van der Waals surface area contributed by atoms with Gasteiger partial charge in [-0.25, -0.2) is 0 Å². The molecule has 1 N–H and O–H groups in total. The van der Waals surface area contributed by atoms with Crippen molar-refractivity contribution in [3.63, 3.8) is 0 Å². The van der Waals surface area contributed by atoms with Gasteiger partial charge in [-0.3, -0.25) is 0 Å². The summed E-state index contributed by atoms with van der Waals surface area (Å²) in [5, 5.41) is 2.33. The van der Waals surface area contributed by atoms with Crippen LogP contribution in [0.1, 0.15) is 108 Å². The van der Waals surface area contributed by atoms with Crippen LogP contribution in [0, 0.1) is 0 Å². The average molecular weight is 531 g/mol. The summed E-state index contributed by atoms with van der Waals surface area (Å²) < 4.78 is 26.5.